The number of amides is 3. The molecule has 0 aromatic carbocycles. The highest BCUT2D eigenvalue weighted by atomic mass is 16.6. The summed E-state index contributed by atoms with van der Waals surface area (Å²) < 4.78 is 12.8. The zero-order valence-corrected chi connectivity index (χ0v) is 22.9. The largest absolute Gasteiger partial charge is 0.444 e. The van der Waals surface area contributed by atoms with Crippen molar-refractivity contribution >= 4 is 34.9 Å². The Hall–Kier alpha value is -3.56. The Kier molecular flexibility index (Phi) is 7.42. The number of likely N-dealkylation sites (N-methyl/N-ethyl adjacent to an activating group) is 1. The van der Waals surface area contributed by atoms with Gasteiger partial charge >= 0.3 is 6.09 Å². The number of anilines is 1. The Morgan fingerprint density at radius 2 is 1.93 bits per heavy atom. The van der Waals surface area contributed by atoms with E-state index in [0.29, 0.717) is 49.0 Å². The van der Waals surface area contributed by atoms with E-state index in [1.165, 1.54) is 10.9 Å². The van der Waals surface area contributed by atoms with Gasteiger partial charge in [0.05, 0.1) is 19.3 Å². The van der Waals surface area contributed by atoms with Gasteiger partial charge in [0, 0.05) is 32.6 Å². The van der Waals surface area contributed by atoms with Gasteiger partial charge in [-0.3, -0.25) is 14.2 Å². The molecule has 5 atom stereocenters. The van der Waals surface area contributed by atoms with Crippen LogP contribution in [0.3, 0.4) is 0 Å². The summed E-state index contributed by atoms with van der Waals surface area (Å²) >= 11 is 0. The Balaban J connectivity index is 1.06. The summed E-state index contributed by atoms with van der Waals surface area (Å²) in [5.74, 6) is 0.569. The molecule has 0 radical (unpaired) electrons. The molecule has 2 aromatic heterocycles. The quantitative estimate of drug-likeness (QED) is 0.328. The van der Waals surface area contributed by atoms with Crippen LogP contribution in [0.25, 0.3) is 11.2 Å². The number of fused-ring (bicyclic) bond motifs is 1. The van der Waals surface area contributed by atoms with Crippen molar-refractivity contribution in [3.8, 4) is 0 Å². The number of hydrogen-bond donors (Lipinski definition) is 4. The van der Waals surface area contributed by atoms with Crippen molar-refractivity contribution in [3.05, 3.63) is 12.2 Å². The van der Waals surface area contributed by atoms with Crippen molar-refractivity contribution in [3.63, 3.8) is 0 Å². The molecule has 2 aromatic rings. The molecule has 222 valence electrons. The van der Waals surface area contributed by atoms with Crippen LogP contribution in [0, 0.1) is 5.92 Å². The van der Waals surface area contributed by atoms with Gasteiger partial charge in [0.25, 0.3) is 5.91 Å². The Bertz CT molecular complexity index is 1320. The maximum atomic E-state index is 12.5. The number of carbonyl (C=O) groups excluding carboxylic acids is 3. The molecule has 0 bridgehead atoms. The smallest absolute Gasteiger partial charge is 0.410 e. The minimum Gasteiger partial charge on any atom is -0.444 e. The van der Waals surface area contributed by atoms with Crippen LogP contribution in [0.2, 0.25) is 0 Å². The molecule has 1 aliphatic carbocycles. The summed E-state index contributed by atoms with van der Waals surface area (Å²) in [7, 11) is 1.70. The first-order valence-electron chi connectivity index (χ1n) is 14.2. The predicted molar refractivity (Wildman–Crippen MR) is 142 cm³/mol. The SMILES string of the molecule is CN1CC(OC(=O)N2CCC(CCc3nc(N)c4ncn([C@@H]5O[C@H](C(=O)NC6CC6)C(O)C5O)c4n3)CC2)CC1=O. The molecule has 6 rings (SSSR count). The number of aromatic nitrogens is 4. The van der Waals surface area contributed by atoms with E-state index in [-0.39, 0.29) is 30.3 Å². The lowest BCUT2D eigenvalue weighted by Crippen LogP contribution is -2.43. The van der Waals surface area contributed by atoms with E-state index in [1.54, 1.807) is 16.8 Å². The van der Waals surface area contributed by atoms with E-state index in [4.69, 9.17) is 15.2 Å². The van der Waals surface area contributed by atoms with Crippen molar-refractivity contribution < 1.29 is 34.1 Å². The second-order valence-corrected chi connectivity index (χ2v) is 11.5. The topological polar surface area (TPSA) is 198 Å². The first-order valence-corrected chi connectivity index (χ1v) is 14.2. The highest BCUT2D eigenvalue weighted by Gasteiger charge is 2.48. The van der Waals surface area contributed by atoms with Gasteiger partial charge in [-0.2, -0.15) is 0 Å². The van der Waals surface area contributed by atoms with Crippen molar-refractivity contribution in [2.24, 2.45) is 5.92 Å². The van der Waals surface area contributed by atoms with E-state index in [2.05, 4.69) is 20.3 Å². The summed E-state index contributed by atoms with van der Waals surface area (Å²) in [4.78, 5) is 53.4. The molecule has 3 saturated heterocycles. The fraction of sp³-hybridized carbons (Fsp3) is 0.692. The monoisotopic (exact) mass is 572 g/mol. The lowest BCUT2D eigenvalue weighted by atomic mass is 9.92. The van der Waals surface area contributed by atoms with Gasteiger partial charge in [0.2, 0.25) is 5.91 Å². The molecule has 41 heavy (non-hydrogen) atoms. The van der Waals surface area contributed by atoms with Crippen LogP contribution in [-0.2, 0) is 25.5 Å². The lowest BCUT2D eigenvalue weighted by molar-refractivity contribution is -0.137. The number of piperidine rings is 1. The van der Waals surface area contributed by atoms with Gasteiger partial charge in [0.1, 0.15) is 29.7 Å². The van der Waals surface area contributed by atoms with Gasteiger partial charge in [-0.25, -0.2) is 19.7 Å². The Morgan fingerprint density at radius 1 is 1.17 bits per heavy atom. The normalized spacial score (nSPS) is 29.0. The summed E-state index contributed by atoms with van der Waals surface area (Å²) in [6.45, 7) is 1.57. The number of aryl methyl sites for hydroxylation is 1. The number of aliphatic hydroxyl groups excluding tert-OH is 2. The van der Waals surface area contributed by atoms with Gasteiger partial charge in [0.15, 0.2) is 23.8 Å². The minimum atomic E-state index is -1.40. The first kappa shape index (κ1) is 27.6. The standard InChI is InChI=1S/C26H36N8O7/c1-32-11-15(10-17(32)35)40-26(39)33-8-6-13(7-9-33)2-5-16-30-22(27)18-23(31-16)34(12-28-18)25-20(37)19(36)21(41-25)24(38)29-14-3-4-14/h12-15,19-21,25,36-37H,2-11H2,1H3,(H,29,38)(H2,27,30,31)/t15?,19?,20?,21-,25+/m0/s1. The van der Waals surface area contributed by atoms with Crippen molar-refractivity contribution in [2.45, 2.75) is 81.6 Å². The fourth-order valence-electron chi connectivity index (χ4n) is 5.76. The van der Waals surface area contributed by atoms with Crippen LogP contribution < -0.4 is 11.1 Å². The molecular formula is C26H36N8O7. The third kappa shape index (κ3) is 5.65. The number of likely N-dealkylation sites (tertiary alicyclic amines) is 2. The fourth-order valence-corrected chi connectivity index (χ4v) is 5.76. The molecule has 3 unspecified atom stereocenters. The maximum Gasteiger partial charge on any atom is 0.410 e. The third-order valence-electron chi connectivity index (χ3n) is 8.41. The molecule has 15 nitrogen and oxygen atoms in total. The molecule has 1 saturated carbocycles. The number of aliphatic hydroxyl groups is 2. The van der Waals surface area contributed by atoms with Crippen LogP contribution in [0.1, 0.15) is 50.6 Å². The highest BCUT2D eigenvalue weighted by molar-refractivity contribution is 5.83. The minimum absolute atomic E-state index is 0.0180. The molecule has 3 amide bonds. The number of nitrogen functional groups attached to an aromatic ring is 1. The zero-order valence-electron chi connectivity index (χ0n) is 22.9. The van der Waals surface area contributed by atoms with Crippen LogP contribution >= 0.6 is 0 Å². The molecule has 4 aliphatic rings. The van der Waals surface area contributed by atoms with E-state index in [9.17, 15) is 24.6 Å². The predicted octanol–water partition coefficient (Wildman–Crippen LogP) is -0.682. The highest BCUT2D eigenvalue weighted by Crippen LogP contribution is 2.33. The Morgan fingerprint density at radius 3 is 2.61 bits per heavy atom. The summed E-state index contributed by atoms with van der Waals surface area (Å²) in [5.41, 5.74) is 6.87. The number of imidazole rings is 1. The van der Waals surface area contributed by atoms with E-state index >= 15 is 0 Å². The molecule has 0 spiro atoms. The second-order valence-electron chi connectivity index (χ2n) is 11.5. The number of nitrogens with two attached hydrogens (primary N) is 1. The summed E-state index contributed by atoms with van der Waals surface area (Å²) in [5, 5.41) is 24.0. The van der Waals surface area contributed by atoms with Crippen molar-refractivity contribution in [1.82, 2.24) is 34.6 Å². The van der Waals surface area contributed by atoms with Crippen molar-refractivity contribution in [1.29, 1.82) is 0 Å². The average Bonchev–Trinajstić information content (AvgIpc) is 3.46. The summed E-state index contributed by atoms with van der Waals surface area (Å²) in [6, 6.07) is 0.0888. The molecule has 15 heteroatoms. The third-order valence-corrected chi connectivity index (χ3v) is 8.41. The van der Waals surface area contributed by atoms with Crippen molar-refractivity contribution in [2.75, 3.05) is 32.4 Å². The lowest BCUT2D eigenvalue weighted by Gasteiger charge is -2.32. The number of nitrogens with zero attached hydrogens (tertiary/aromatic N) is 6. The number of ether oxygens (including phenoxy) is 2. The Labute approximate surface area is 236 Å². The second kappa shape index (κ2) is 11.0. The van der Waals surface area contributed by atoms with E-state index in [1.807, 2.05) is 0 Å². The van der Waals surface area contributed by atoms with Gasteiger partial charge < -0.3 is 40.5 Å². The molecule has 5 N–H and O–H groups in total. The molecule has 4 fully saturated rings. The number of carbonyl (C=O) groups is 3. The van der Waals surface area contributed by atoms with Crippen LogP contribution in [0.15, 0.2) is 6.33 Å². The molecule has 5 heterocycles. The number of nitrogens with one attached hydrogen (secondary N) is 1. The van der Waals surface area contributed by atoms with Gasteiger partial charge in [-0.1, -0.05) is 0 Å². The summed E-state index contributed by atoms with van der Waals surface area (Å²) in [6.07, 6.45) is 0.533. The molecular weight excluding hydrogens is 536 g/mol. The molecule has 3 aliphatic heterocycles. The van der Waals surface area contributed by atoms with Gasteiger partial charge in [-0.05, 0) is 38.0 Å². The number of rotatable bonds is 7. The van der Waals surface area contributed by atoms with Crippen LogP contribution in [-0.4, -0.2) is 115 Å². The van der Waals surface area contributed by atoms with Gasteiger partial charge in [-0.15, -0.1) is 0 Å². The maximum absolute atomic E-state index is 12.5. The van der Waals surface area contributed by atoms with E-state index < -0.39 is 36.6 Å². The van der Waals surface area contributed by atoms with Crippen LogP contribution in [0.4, 0.5) is 10.6 Å². The van der Waals surface area contributed by atoms with E-state index in [0.717, 1.165) is 32.1 Å². The number of hydrogen-bond acceptors (Lipinski definition) is 11. The van der Waals surface area contributed by atoms with Crippen LogP contribution in [0.5, 0.6) is 0 Å². The average molecular weight is 573 g/mol. The first-order chi connectivity index (χ1) is 19.7. The zero-order chi connectivity index (χ0) is 28.8.